The summed E-state index contributed by atoms with van der Waals surface area (Å²) in [7, 11) is 0. The average molecular weight is 263 g/mol. The van der Waals surface area contributed by atoms with Crippen molar-refractivity contribution in [2.75, 3.05) is 26.2 Å². The van der Waals surface area contributed by atoms with E-state index in [1.807, 2.05) is 26.0 Å². The molecule has 19 heavy (non-hydrogen) atoms. The third-order valence-corrected chi connectivity index (χ3v) is 3.07. The van der Waals surface area contributed by atoms with Gasteiger partial charge in [-0.25, -0.2) is 0 Å². The van der Waals surface area contributed by atoms with Gasteiger partial charge < -0.3 is 20.7 Å². The van der Waals surface area contributed by atoms with Crippen LogP contribution in [0.2, 0.25) is 0 Å². The standard InChI is InChI=1S/C13H19N3O.C2H6/c1-3-10(14)7-13-12(4-2)16-6-5-15-8-11(16)9-17-13;1-2/h3-4,7,11,15H,1-2,5-6,8-9,14H2;1-2H3/b10-7+;. The molecular weight excluding hydrogens is 238 g/mol. The molecule has 0 amide bonds. The van der Waals surface area contributed by atoms with Crippen molar-refractivity contribution in [3.8, 4) is 0 Å². The Kier molecular flexibility index (Phi) is 6.22. The van der Waals surface area contributed by atoms with E-state index < -0.39 is 0 Å². The Morgan fingerprint density at radius 1 is 1.47 bits per heavy atom. The Balaban J connectivity index is 0.000000861. The Bertz CT molecular complexity index is 385. The van der Waals surface area contributed by atoms with Crippen LogP contribution in [0.3, 0.4) is 0 Å². The Morgan fingerprint density at radius 2 is 2.21 bits per heavy atom. The minimum Gasteiger partial charge on any atom is -0.489 e. The smallest absolute Gasteiger partial charge is 0.144 e. The Morgan fingerprint density at radius 3 is 2.84 bits per heavy atom. The number of fused-ring (bicyclic) bond motifs is 1. The van der Waals surface area contributed by atoms with Crippen molar-refractivity contribution in [2.45, 2.75) is 19.9 Å². The van der Waals surface area contributed by atoms with E-state index in [4.69, 9.17) is 10.5 Å². The van der Waals surface area contributed by atoms with Gasteiger partial charge in [-0.15, -0.1) is 0 Å². The van der Waals surface area contributed by atoms with E-state index >= 15 is 0 Å². The van der Waals surface area contributed by atoms with Crippen LogP contribution in [0.25, 0.3) is 0 Å². The maximum atomic E-state index is 5.75. The van der Waals surface area contributed by atoms with Gasteiger partial charge in [-0.1, -0.05) is 27.0 Å². The first-order chi connectivity index (χ1) is 9.26. The summed E-state index contributed by atoms with van der Waals surface area (Å²) < 4.78 is 5.75. The highest BCUT2D eigenvalue weighted by molar-refractivity contribution is 5.33. The Hall–Kier alpha value is -1.68. The molecule has 0 bridgehead atoms. The molecular formula is C15H25N3O. The molecule has 3 N–H and O–H groups in total. The van der Waals surface area contributed by atoms with Crippen LogP contribution in [0.1, 0.15) is 13.8 Å². The zero-order valence-corrected chi connectivity index (χ0v) is 12.0. The van der Waals surface area contributed by atoms with Crippen LogP contribution in [0.4, 0.5) is 0 Å². The van der Waals surface area contributed by atoms with E-state index in [2.05, 4.69) is 23.4 Å². The lowest BCUT2D eigenvalue weighted by Gasteiger charge is -2.42. The first-order valence-electron chi connectivity index (χ1n) is 6.82. The van der Waals surface area contributed by atoms with Gasteiger partial charge >= 0.3 is 0 Å². The lowest BCUT2D eigenvalue weighted by atomic mass is 10.1. The summed E-state index contributed by atoms with van der Waals surface area (Å²) in [6, 6.07) is 0.388. The number of nitrogens with zero attached hydrogens (tertiary/aromatic N) is 1. The molecule has 1 saturated heterocycles. The summed E-state index contributed by atoms with van der Waals surface area (Å²) >= 11 is 0. The summed E-state index contributed by atoms with van der Waals surface area (Å²) in [4.78, 5) is 2.33. The molecule has 0 aromatic rings. The van der Waals surface area contributed by atoms with Crippen LogP contribution in [0, 0.1) is 0 Å². The minimum absolute atomic E-state index is 0.388. The van der Waals surface area contributed by atoms with Crippen LogP contribution >= 0.6 is 0 Å². The van der Waals surface area contributed by atoms with Crippen molar-refractivity contribution in [3.05, 3.63) is 48.5 Å². The van der Waals surface area contributed by atoms with Crippen LogP contribution in [0.5, 0.6) is 0 Å². The Labute approximate surface area is 116 Å². The molecule has 0 aromatic heterocycles. The second-order valence-electron chi connectivity index (χ2n) is 4.16. The fourth-order valence-electron chi connectivity index (χ4n) is 2.17. The maximum absolute atomic E-state index is 5.75. The minimum atomic E-state index is 0.388. The fraction of sp³-hybridized carbons (Fsp3) is 0.467. The van der Waals surface area contributed by atoms with Gasteiger partial charge in [-0.05, 0) is 12.2 Å². The van der Waals surface area contributed by atoms with Crippen molar-refractivity contribution >= 4 is 0 Å². The zero-order valence-electron chi connectivity index (χ0n) is 12.0. The summed E-state index contributed by atoms with van der Waals surface area (Å²) in [6.45, 7) is 15.1. The van der Waals surface area contributed by atoms with E-state index in [1.54, 1.807) is 6.08 Å². The van der Waals surface area contributed by atoms with Crippen molar-refractivity contribution in [1.29, 1.82) is 0 Å². The third-order valence-electron chi connectivity index (χ3n) is 3.07. The highest BCUT2D eigenvalue weighted by atomic mass is 16.5. The van der Waals surface area contributed by atoms with Crippen molar-refractivity contribution in [2.24, 2.45) is 5.73 Å². The van der Waals surface area contributed by atoms with Crippen LogP contribution in [-0.2, 0) is 4.74 Å². The van der Waals surface area contributed by atoms with Gasteiger partial charge in [-0.3, -0.25) is 0 Å². The number of nitrogens with one attached hydrogen (secondary N) is 1. The topological polar surface area (TPSA) is 50.5 Å². The van der Waals surface area contributed by atoms with E-state index in [9.17, 15) is 0 Å². The van der Waals surface area contributed by atoms with Gasteiger partial charge in [0, 0.05) is 31.4 Å². The summed E-state index contributed by atoms with van der Waals surface area (Å²) in [5.74, 6) is 0.788. The normalized spacial score (nSPS) is 22.7. The monoisotopic (exact) mass is 263 g/mol. The van der Waals surface area contributed by atoms with Crippen LogP contribution < -0.4 is 11.1 Å². The first-order valence-corrected chi connectivity index (χ1v) is 6.82. The predicted octanol–water partition coefficient (Wildman–Crippen LogP) is 1.74. The van der Waals surface area contributed by atoms with Gasteiger partial charge in [0.2, 0.25) is 0 Å². The van der Waals surface area contributed by atoms with Gasteiger partial charge in [0.05, 0.1) is 11.7 Å². The number of ether oxygens (including phenoxy) is 1. The largest absolute Gasteiger partial charge is 0.489 e. The predicted molar refractivity (Wildman–Crippen MR) is 80.4 cm³/mol. The molecule has 4 heteroatoms. The number of nitrogens with two attached hydrogens (primary N) is 1. The van der Waals surface area contributed by atoms with Crippen molar-refractivity contribution in [3.63, 3.8) is 0 Å². The quantitative estimate of drug-likeness (QED) is 0.762. The fourth-order valence-corrected chi connectivity index (χ4v) is 2.17. The molecule has 2 aliphatic rings. The van der Waals surface area contributed by atoms with Crippen LogP contribution in [-0.4, -0.2) is 37.2 Å². The molecule has 106 valence electrons. The number of piperazine rings is 1. The van der Waals surface area contributed by atoms with Gasteiger partial charge in [0.15, 0.2) is 0 Å². The number of hydrogen-bond donors (Lipinski definition) is 2. The highest BCUT2D eigenvalue weighted by Gasteiger charge is 2.29. The molecule has 0 saturated carbocycles. The lowest BCUT2D eigenvalue weighted by Crippen LogP contribution is -2.54. The molecule has 2 heterocycles. The lowest BCUT2D eigenvalue weighted by molar-refractivity contribution is 0.0721. The second-order valence-corrected chi connectivity index (χ2v) is 4.16. The second kappa shape index (κ2) is 7.69. The number of rotatable bonds is 3. The number of allylic oxidation sites excluding steroid dienone is 3. The molecule has 0 radical (unpaired) electrons. The molecule has 1 fully saturated rings. The van der Waals surface area contributed by atoms with Crippen molar-refractivity contribution in [1.82, 2.24) is 10.2 Å². The molecule has 1 unspecified atom stereocenters. The van der Waals surface area contributed by atoms with Gasteiger partial charge in [0.25, 0.3) is 0 Å². The summed E-state index contributed by atoms with van der Waals surface area (Å²) in [6.07, 6.45) is 5.25. The molecule has 0 aromatic carbocycles. The van der Waals surface area contributed by atoms with E-state index in [0.29, 0.717) is 18.3 Å². The summed E-state index contributed by atoms with van der Waals surface area (Å²) in [5.41, 5.74) is 7.38. The zero-order chi connectivity index (χ0) is 14.3. The van der Waals surface area contributed by atoms with Gasteiger partial charge in [-0.2, -0.15) is 0 Å². The third kappa shape index (κ3) is 3.64. The molecule has 0 aliphatic carbocycles. The van der Waals surface area contributed by atoms with Crippen molar-refractivity contribution < 1.29 is 4.74 Å². The van der Waals surface area contributed by atoms with E-state index in [-0.39, 0.29) is 0 Å². The first kappa shape index (κ1) is 15.4. The SMILES string of the molecule is C=CC1=C(/C=C(/N)C=C)OCC2CNCCN12.CC. The highest BCUT2D eigenvalue weighted by Crippen LogP contribution is 2.24. The van der Waals surface area contributed by atoms with E-state index in [0.717, 1.165) is 31.1 Å². The van der Waals surface area contributed by atoms with Gasteiger partial charge in [0.1, 0.15) is 12.4 Å². The molecule has 1 atom stereocenters. The molecule has 2 rings (SSSR count). The van der Waals surface area contributed by atoms with Crippen LogP contribution in [0.15, 0.2) is 48.5 Å². The number of hydrogen-bond acceptors (Lipinski definition) is 4. The summed E-state index contributed by atoms with van der Waals surface area (Å²) in [5, 5.41) is 3.36. The molecule has 0 spiro atoms. The average Bonchev–Trinajstić information content (AvgIpc) is 2.49. The maximum Gasteiger partial charge on any atom is 0.144 e. The van der Waals surface area contributed by atoms with E-state index in [1.165, 1.54) is 0 Å². The molecule has 2 aliphatic heterocycles. The molecule has 4 nitrogen and oxygen atoms in total.